The second kappa shape index (κ2) is 9.36. The summed E-state index contributed by atoms with van der Waals surface area (Å²) in [6, 6.07) is 24.3. The predicted molar refractivity (Wildman–Crippen MR) is 144 cm³/mol. The molecule has 5 aromatic rings. The van der Waals surface area contributed by atoms with Crippen LogP contribution in [-0.2, 0) is 4.79 Å². The molecule has 4 heterocycles. The van der Waals surface area contributed by atoms with E-state index in [1.165, 1.54) is 4.52 Å². The molecule has 2 N–H and O–H groups in total. The molecule has 3 aromatic heterocycles. The predicted octanol–water partition coefficient (Wildman–Crippen LogP) is 3.95. The van der Waals surface area contributed by atoms with Crippen LogP contribution in [0.2, 0.25) is 0 Å². The molecule has 38 heavy (non-hydrogen) atoms. The van der Waals surface area contributed by atoms with Crippen molar-refractivity contribution in [2.24, 2.45) is 4.99 Å². The smallest absolute Gasteiger partial charge is 0.274 e. The number of rotatable bonds is 4. The Hall–Kier alpha value is -5.18. The average Bonchev–Trinajstić information content (AvgIpc) is 3.24. The van der Waals surface area contributed by atoms with E-state index >= 15 is 0 Å². The number of benzene rings is 2. The van der Waals surface area contributed by atoms with E-state index in [4.69, 9.17) is 4.99 Å². The number of aliphatic imine (C=N–C) groups is 1. The highest BCUT2D eigenvalue weighted by Gasteiger charge is 2.30. The maximum absolute atomic E-state index is 13.9. The Labute approximate surface area is 218 Å². The topological polar surface area (TPSA) is 114 Å². The van der Waals surface area contributed by atoms with Crippen molar-refractivity contribution >= 4 is 28.9 Å². The molecule has 0 fully saturated rings. The summed E-state index contributed by atoms with van der Waals surface area (Å²) in [5.74, 6) is -0.974. The summed E-state index contributed by atoms with van der Waals surface area (Å²) in [6.07, 6.45) is 0.481. The van der Waals surface area contributed by atoms with E-state index in [2.05, 4.69) is 25.7 Å². The van der Waals surface area contributed by atoms with Crippen LogP contribution in [0.15, 0.2) is 90.1 Å². The molecule has 2 aromatic carbocycles. The van der Waals surface area contributed by atoms with Gasteiger partial charge in [0.15, 0.2) is 11.3 Å². The van der Waals surface area contributed by atoms with Gasteiger partial charge in [-0.25, -0.2) is 14.5 Å². The number of hydrogen-bond donors (Lipinski definition) is 2. The van der Waals surface area contributed by atoms with Gasteiger partial charge in [0.25, 0.3) is 11.8 Å². The van der Waals surface area contributed by atoms with E-state index in [1.807, 2.05) is 80.6 Å². The Balaban J connectivity index is 1.46. The first kappa shape index (κ1) is 23.2. The molecule has 1 aliphatic rings. The number of imidazole rings is 1. The molecule has 0 radical (unpaired) electrons. The summed E-state index contributed by atoms with van der Waals surface area (Å²) in [5, 5.41) is 10.3. The van der Waals surface area contributed by atoms with Crippen LogP contribution in [0.4, 0.5) is 5.69 Å². The zero-order valence-corrected chi connectivity index (χ0v) is 20.7. The molecule has 1 atom stereocenters. The average molecular weight is 502 g/mol. The second-order valence-electron chi connectivity index (χ2n) is 8.99. The molecular formula is C29H23N7O2. The molecule has 186 valence electrons. The first-order valence-electron chi connectivity index (χ1n) is 12.1. The Bertz CT molecular complexity index is 1740. The van der Waals surface area contributed by atoms with E-state index in [1.54, 1.807) is 18.3 Å². The Kier molecular flexibility index (Phi) is 5.72. The molecule has 0 unspecified atom stereocenters. The minimum absolute atomic E-state index is 0.209. The van der Waals surface area contributed by atoms with Crippen molar-refractivity contribution in [1.82, 2.24) is 24.9 Å². The van der Waals surface area contributed by atoms with Gasteiger partial charge in [0.1, 0.15) is 5.69 Å². The number of anilines is 1. The highest BCUT2D eigenvalue weighted by atomic mass is 16.2. The SMILES string of the molecule is Cc1cc(-c2nc3ccc(C)nn3c2C(=O)N[C@H]2N=C(c3ccccc3)c3ccccc3NC2=O)ccn1. The summed E-state index contributed by atoms with van der Waals surface area (Å²) in [5.41, 5.74) is 6.20. The fourth-order valence-electron chi connectivity index (χ4n) is 4.50. The number of carbonyl (C=O) groups is 2. The van der Waals surface area contributed by atoms with Gasteiger partial charge in [-0.3, -0.25) is 14.6 Å². The third kappa shape index (κ3) is 4.20. The Morgan fingerprint density at radius 1 is 0.921 bits per heavy atom. The number of hydrogen-bond acceptors (Lipinski definition) is 6. The number of nitrogens with one attached hydrogen (secondary N) is 2. The molecule has 0 spiro atoms. The number of pyridine rings is 1. The van der Waals surface area contributed by atoms with Crippen molar-refractivity contribution in [1.29, 1.82) is 0 Å². The van der Waals surface area contributed by atoms with Crippen molar-refractivity contribution in [2.75, 3.05) is 5.32 Å². The summed E-state index contributed by atoms with van der Waals surface area (Å²) >= 11 is 0. The number of fused-ring (bicyclic) bond motifs is 2. The zero-order chi connectivity index (χ0) is 26.2. The van der Waals surface area contributed by atoms with Crippen LogP contribution in [0.1, 0.15) is 33.0 Å². The molecule has 1 aliphatic heterocycles. The lowest BCUT2D eigenvalue weighted by Gasteiger charge is -2.14. The molecule has 2 amide bonds. The number of para-hydroxylation sites is 1. The van der Waals surface area contributed by atoms with Crippen LogP contribution in [0, 0.1) is 13.8 Å². The van der Waals surface area contributed by atoms with Crippen LogP contribution >= 0.6 is 0 Å². The number of amides is 2. The van der Waals surface area contributed by atoms with Crippen molar-refractivity contribution < 1.29 is 9.59 Å². The zero-order valence-electron chi connectivity index (χ0n) is 20.7. The van der Waals surface area contributed by atoms with Gasteiger partial charge in [0.05, 0.1) is 17.1 Å². The monoisotopic (exact) mass is 501 g/mol. The van der Waals surface area contributed by atoms with Crippen molar-refractivity contribution in [2.45, 2.75) is 20.0 Å². The van der Waals surface area contributed by atoms with Gasteiger partial charge in [0.2, 0.25) is 6.17 Å². The van der Waals surface area contributed by atoms with Crippen molar-refractivity contribution in [3.8, 4) is 11.3 Å². The minimum Gasteiger partial charge on any atom is -0.322 e. The minimum atomic E-state index is -1.19. The van der Waals surface area contributed by atoms with Crippen molar-refractivity contribution in [3.05, 3.63) is 113 Å². The Morgan fingerprint density at radius 2 is 1.71 bits per heavy atom. The lowest BCUT2D eigenvalue weighted by molar-refractivity contribution is -0.117. The second-order valence-corrected chi connectivity index (χ2v) is 8.99. The van der Waals surface area contributed by atoms with Crippen LogP contribution in [0.5, 0.6) is 0 Å². The summed E-state index contributed by atoms with van der Waals surface area (Å²) in [4.78, 5) is 40.9. The van der Waals surface area contributed by atoms with E-state index in [0.29, 0.717) is 28.4 Å². The maximum Gasteiger partial charge on any atom is 0.274 e. The van der Waals surface area contributed by atoms with E-state index in [9.17, 15) is 9.59 Å². The van der Waals surface area contributed by atoms with E-state index < -0.39 is 18.0 Å². The normalized spacial score (nSPS) is 14.8. The van der Waals surface area contributed by atoms with Gasteiger partial charge >= 0.3 is 0 Å². The number of aryl methyl sites for hydroxylation is 2. The molecule has 9 heteroatoms. The van der Waals surface area contributed by atoms with Gasteiger partial charge in [-0.15, -0.1) is 0 Å². The van der Waals surface area contributed by atoms with Gasteiger partial charge < -0.3 is 10.6 Å². The fourth-order valence-corrected chi connectivity index (χ4v) is 4.50. The van der Waals surface area contributed by atoms with E-state index in [-0.39, 0.29) is 5.69 Å². The van der Waals surface area contributed by atoms with Crippen molar-refractivity contribution in [3.63, 3.8) is 0 Å². The third-order valence-corrected chi connectivity index (χ3v) is 6.26. The number of nitrogens with zero attached hydrogens (tertiary/aromatic N) is 5. The summed E-state index contributed by atoms with van der Waals surface area (Å²) in [7, 11) is 0. The van der Waals surface area contributed by atoms with E-state index in [0.717, 1.165) is 22.4 Å². The maximum atomic E-state index is 13.9. The number of benzodiazepines with no additional fused rings is 1. The largest absolute Gasteiger partial charge is 0.322 e. The van der Waals surface area contributed by atoms with Crippen LogP contribution < -0.4 is 10.6 Å². The Morgan fingerprint density at radius 3 is 2.53 bits per heavy atom. The first-order chi connectivity index (χ1) is 18.5. The highest BCUT2D eigenvalue weighted by molar-refractivity contribution is 6.20. The molecule has 0 saturated heterocycles. The summed E-state index contributed by atoms with van der Waals surface area (Å²) < 4.78 is 1.50. The van der Waals surface area contributed by atoms with Crippen LogP contribution in [0.3, 0.4) is 0 Å². The molecule has 0 saturated carbocycles. The van der Waals surface area contributed by atoms with Gasteiger partial charge in [-0.05, 0) is 44.2 Å². The molecular weight excluding hydrogens is 478 g/mol. The highest BCUT2D eigenvalue weighted by Crippen LogP contribution is 2.26. The lowest BCUT2D eigenvalue weighted by atomic mass is 10.0. The summed E-state index contributed by atoms with van der Waals surface area (Å²) in [6.45, 7) is 3.71. The number of aromatic nitrogens is 4. The fraction of sp³-hybridized carbons (Fsp3) is 0.103. The third-order valence-electron chi connectivity index (χ3n) is 6.26. The number of carbonyl (C=O) groups excluding carboxylic acids is 2. The molecule has 9 nitrogen and oxygen atoms in total. The van der Waals surface area contributed by atoms with Crippen LogP contribution in [-0.4, -0.2) is 43.3 Å². The lowest BCUT2D eigenvalue weighted by Crippen LogP contribution is -2.43. The van der Waals surface area contributed by atoms with Gasteiger partial charge in [0, 0.05) is 28.6 Å². The standard InChI is InChI=1S/C29H23N7O2/c1-17-12-13-23-32-25(20-14-15-30-18(2)16-20)26(36(23)35-17)28(37)34-27-29(38)31-22-11-7-6-10-21(22)24(33-27)19-8-4-3-5-9-19/h3-16,27H,1-2H3,(H,31,38)(H,34,37)/t27-/m1/s1. The molecule has 0 aliphatic carbocycles. The van der Waals surface area contributed by atoms with Gasteiger partial charge in [-0.1, -0.05) is 48.5 Å². The molecule has 0 bridgehead atoms. The molecule has 6 rings (SSSR count). The van der Waals surface area contributed by atoms with Crippen LogP contribution in [0.25, 0.3) is 16.9 Å². The first-order valence-corrected chi connectivity index (χ1v) is 12.1. The quantitative estimate of drug-likeness (QED) is 0.387. The van der Waals surface area contributed by atoms with Gasteiger partial charge in [-0.2, -0.15) is 5.10 Å².